The molecule has 2 rings (SSSR count). The molecule has 0 saturated heterocycles. The number of pyridine rings is 1. The van der Waals surface area contributed by atoms with Crippen LogP contribution in [0.1, 0.15) is 5.69 Å². The Morgan fingerprint density at radius 2 is 2.00 bits per heavy atom. The van der Waals surface area contributed by atoms with E-state index < -0.39 is 0 Å². The van der Waals surface area contributed by atoms with E-state index in [1.807, 2.05) is 31.2 Å². The van der Waals surface area contributed by atoms with Crippen LogP contribution in [0.3, 0.4) is 0 Å². The number of carbonyl (C=O) groups excluding carboxylic acids is 1. The molecule has 5 nitrogen and oxygen atoms in total. The molecule has 0 unspecified atom stereocenters. The molecule has 0 radical (unpaired) electrons. The number of nitrogens with one attached hydrogen (secondary N) is 2. The number of aryl methyl sites for hydroxylation is 1. The number of anilines is 1. The predicted molar refractivity (Wildman–Crippen MR) is 93.0 cm³/mol. The van der Waals surface area contributed by atoms with Crippen LogP contribution < -0.4 is 15.4 Å². The van der Waals surface area contributed by atoms with Crippen molar-refractivity contribution in [2.45, 2.75) is 6.92 Å². The average Bonchev–Trinajstić information content (AvgIpc) is 2.50. The fraction of sp³-hybridized carbons (Fsp3) is 0.133. The predicted octanol–water partition coefficient (Wildman–Crippen LogP) is 3.04. The van der Waals surface area contributed by atoms with Gasteiger partial charge in [-0.3, -0.25) is 10.1 Å². The summed E-state index contributed by atoms with van der Waals surface area (Å²) < 4.78 is 6.24. The first-order valence-electron chi connectivity index (χ1n) is 6.46. The van der Waals surface area contributed by atoms with E-state index in [1.54, 1.807) is 18.2 Å². The van der Waals surface area contributed by atoms with Gasteiger partial charge in [0, 0.05) is 4.47 Å². The van der Waals surface area contributed by atoms with E-state index in [0.717, 1.165) is 10.2 Å². The number of rotatable bonds is 4. The van der Waals surface area contributed by atoms with Gasteiger partial charge >= 0.3 is 0 Å². The third-order valence-corrected chi connectivity index (χ3v) is 3.67. The number of hydrogen-bond acceptors (Lipinski definition) is 4. The molecule has 2 aromatic rings. The van der Waals surface area contributed by atoms with Crippen LogP contribution in [-0.4, -0.2) is 22.6 Å². The number of carbonyl (C=O) groups is 1. The Hall–Kier alpha value is -1.99. The second kappa shape index (κ2) is 7.86. The second-order valence-corrected chi connectivity index (χ2v) is 5.63. The van der Waals surface area contributed by atoms with E-state index in [-0.39, 0.29) is 17.6 Å². The molecule has 0 spiro atoms. The highest BCUT2D eigenvalue weighted by atomic mass is 79.9. The molecule has 7 heteroatoms. The van der Waals surface area contributed by atoms with E-state index in [9.17, 15) is 4.79 Å². The monoisotopic (exact) mass is 379 g/mol. The van der Waals surface area contributed by atoms with Crippen LogP contribution in [0.2, 0.25) is 0 Å². The molecule has 0 bridgehead atoms. The van der Waals surface area contributed by atoms with E-state index in [1.165, 1.54) is 0 Å². The number of ether oxygens (including phenoxy) is 1. The fourth-order valence-corrected chi connectivity index (χ4v) is 2.03. The molecular formula is C15H14BrN3O2S. The summed E-state index contributed by atoms with van der Waals surface area (Å²) in [5.74, 6) is 0.854. The molecular weight excluding hydrogens is 366 g/mol. The lowest BCUT2D eigenvalue weighted by atomic mass is 10.3. The van der Waals surface area contributed by atoms with Gasteiger partial charge in [0.2, 0.25) is 0 Å². The molecule has 0 aliphatic heterocycles. The largest absolute Gasteiger partial charge is 0.484 e. The molecule has 0 fully saturated rings. The molecule has 0 saturated carbocycles. The third-order valence-electron chi connectivity index (χ3n) is 2.63. The van der Waals surface area contributed by atoms with Gasteiger partial charge in [0.25, 0.3) is 5.91 Å². The lowest BCUT2D eigenvalue weighted by Crippen LogP contribution is -2.37. The summed E-state index contributed by atoms with van der Waals surface area (Å²) in [5.41, 5.74) is 0.825. The van der Waals surface area contributed by atoms with Crippen LogP contribution in [0.25, 0.3) is 0 Å². The maximum atomic E-state index is 11.7. The highest BCUT2D eigenvalue weighted by molar-refractivity contribution is 9.10. The maximum absolute atomic E-state index is 11.7. The first kappa shape index (κ1) is 16.4. The maximum Gasteiger partial charge on any atom is 0.264 e. The van der Waals surface area contributed by atoms with Gasteiger partial charge in [-0.15, -0.1) is 0 Å². The number of para-hydroxylation sites is 1. The van der Waals surface area contributed by atoms with Crippen molar-refractivity contribution in [2.24, 2.45) is 0 Å². The summed E-state index contributed by atoms with van der Waals surface area (Å²) in [7, 11) is 0. The van der Waals surface area contributed by atoms with Gasteiger partial charge in [-0.25, -0.2) is 4.98 Å². The van der Waals surface area contributed by atoms with Gasteiger partial charge in [-0.2, -0.15) is 0 Å². The molecule has 22 heavy (non-hydrogen) atoms. The molecule has 0 aliphatic rings. The minimum Gasteiger partial charge on any atom is -0.484 e. The molecule has 0 aliphatic carbocycles. The van der Waals surface area contributed by atoms with Crippen LogP contribution in [-0.2, 0) is 4.79 Å². The zero-order valence-electron chi connectivity index (χ0n) is 11.8. The van der Waals surface area contributed by atoms with Crippen molar-refractivity contribution in [3.05, 3.63) is 52.6 Å². The van der Waals surface area contributed by atoms with E-state index in [0.29, 0.717) is 11.6 Å². The van der Waals surface area contributed by atoms with Crippen molar-refractivity contribution in [1.82, 2.24) is 10.3 Å². The molecule has 1 amide bonds. The first-order chi connectivity index (χ1) is 10.5. The van der Waals surface area contributed by atoms with E-state index in [4.69, 9.17) is 17.0 Å². The standard InChI is InChI=1S/C15H14BrN3O2S/c1-10-12(16)7-8-13(17-10)18-15(22)19-14(20)9-21-11-5-3-2-4-6-11/h2-8H,9H2,1H3,(H2,17,18,19,20,22). The van der Waals surface area contributed by atoms with Crippen LogP contribution in [0, 0.1) is 6.92 Å². The number of aromatic nitrogens is 1. The van der Waals surface area contributed by atoms with Crippen LogP contribution in [0.4, 0.5) is 5.82 Å². The molecule has 1 heterocycles. The summed E-state index contributed by atoms with van der Waals surface area (Å²) >= 11 is 8.44. The summed E-state index contributed by atoms with van der Waals surface area (Å²) in [5, 5.41) is 5.57. The van der Waals surface area contributed by atoms with Crippen molar-refractivity contribution in [2.75, 3.05) is 11.9 Å². The van der Waals surface area contributed by atoms with Crippen LogP contribution in [0.5, 0.6) is 5.75 Å². The normalized spacial score (nSPS) is 9.91. The minimum absolute atomic E-state index is 0.112. The van der Waals surface area contributed by atoms with Crippen molar-refractivity contribution >= 4 is 45.0 Å². The molecule has 0 atom stereocenters. The summed E-state index contributed by atoms with van der Waals surface area (Å²) in [6, 6.07) is 12.7. The third kappa shape index (κ3) is 5.09. The highest BCUT2D eigenvalue weighted by Gasteiger charge is 2.07. The molecule has 2 N–H and O–H groups in total. The number of amides is 1. The number of nitrogens with zero attached hydrogens (tertiary/aromatic N) is 1. The number of thiocarbonyl (C=S) groups is 1. The smallest absolute Gasteiger partial charge is 0.264 e. The lowest BCUT2D eigenvalue weighted by molar-refractivity contribution is -0.121. The van der Waals surface area contributed by atoms with Crippen LogP contribution in [0.15, 0.2) is 46.9 Å². The average molecular weight is 380 g/mol. The summed E-state index contributed by atoms with van der Waals surface area (Å²) in [6.07, 6.45) is 0. The number of hydrogen-bond donors (Lipinski definition) is 2. The van der Waals surface area contributed by atoms with Gasteiger partial charge in [-0.05, 0) is 59.3 Å². The Labute approximate surface area is 142 Å². The molecule has 1 aromatic carbocycles. The summed E-state index contributed by atoms with van der Waals surface area (Å²) in [6.45, 7) is 1.75. The van der Waals surface area contributed by atoms with Crippen molar-refractivity contribution < 1.29 is 9.53 Å². The van der Waals surface area contributed by atoms with Gasteiger partial charge in [0.1, 0.15) is 11.6 Å². The zero-order valence-corrected chi connectivity index (χ0v) is 14.2. The van der Waals surface area contributed by atoms with E-state index in [2.05, 4.69) is 31.5 Å². The topological polar surface area (TPSA) is 63.2 Å². The number of benzene rings is 1. The molecule has 1 aromatic heterocycles. The zero-order chi connectivity index (χ0) is 15.9. The Bertz CT molecular complexity index is 680. The second-order valence-electron chi connectivity index (χ2n) is 4.37. The lowest BCUT2D eigenvalue weighted by Gasteiger charge is -2.10. The Kier molecular flexibility index (Phi) is 5.85. The van der Waals surface area contributed by atoms with Gasteiger partial charge in [-0.1, -0.05) is 18.2 Å². The highest BCUT2D eigenvalue weighted by Crippen LogP contribution is 2.16. The Morgan fingerprint density at radius 1 is 1.27 bits per heavy atom. The van der Waals surface area contributed by atoms with Gasteiger partial charge < -0.3 is 10.1 Å². The van der Waals surface area contributed by atoms with Crippen molar-refractivity contribution in [1.29, 1.82) is 0 Å². The van der Waals surface area contributed by atoms with Gasteiger partial charge in [0.15, 0.2) is 11.7 Å². The Morgan fingerprint density at radius 3 is 2.68 bits per heavy atom. The Balaban J connectivity index is 1.81. The molecule has 114 valence electrons. The fourth-order valence-electron chi connectivity index (χ4n) is 1.59. The number of halogens is 1. The SMILES string of the molecule is Cc1nc(NC(=S)NC(=O)COc2ccccc2)ccc1Br. The van der Waals surface area contributed by atoms with E-state index >= 15 is 0 Å². The minimum atomic E-state index is -0.338. The summed E-state index contributed by atoms with van der Waals surface area (Å²) in [4.78, 5) is 16.0. The first-order valence-corrected chi connectivity index (χ1v) is 7.66. The van der Waals surface area contributed by atoms with Crippen molar-refractivity contribution in [3.8, 4) is 5.75 Å². The quantitative estimate of drug-likeness (QED) is 0.799. The van der Waals surface area contributed by atoms with Crippen molar-refractivity contribution in [3.63, 3.8) is 0 Å². The van der Waals surface area contributed by atoms with Gasteiger partial charge in [0.05, 0.1) is 5.69 Å². The van der Waals surface area contributed by atoms with Crippen LogP contribution >= 0.6 is 28.1 Å².